The molecule has 1 aliphatic heterocycles. The number of carbonyl (C=O) groups excluding carboxylic acids is 1. The van der Waals surface area contributed by atoms with E-state index in [0.29, 0.717) is 6.42 Å². The lowest BCUT2D eigenvalue weighted by Gasteiger charge is -2.28. The van der Waals surface area contributed by atoms with Crippen LogP contribution in [-0.2, 0) is 16.0 Å². The van der Waals surface area contributed by atoms with Gasteiger partial charge in [0.15, 0.2) is 0 Å². The molecule has 0 spiro atoms. The number of benzene rings is 1. The molecule has 2 atom stereocenters. The number of phenols is 1. The Kier molecular flexibility index (Phi) is 3.47. The van der Waals surface area contributed by atoms with Gasteiger partial charge >= 0.3 is 5.97 Å². The molecule has 1 saturated heterocycles. The Hall–Kier alpha value is -2.08. The van der Waals surface area contributed by atoms with Gasteiger partial charge in [0.25, 0.3) is 0 Å². The van der Waals surface area contributed by atoms with E-state index < -0.39 is 18.1 Å². The normalized spacial score (nSPS) is 23.4. The fourth-order valence-electron chi connectivity index (χ4n) is 1.86. The first-order valence-corrected chi connectivity index (χ1v) is 5.61. The first-order chi connectivity index (χ1) is 8.56. The van der Waals surface area contributed by atoms with Crippen LogP contribution in [0.3, 0.4) is 0 Å². The van der Waals surface area contributed by atoms with Crippen molar-refractivity contribution in [3.8, 4) is 5.75 Å². The van der Waals surface area contributed by atoms with Gasteiger partial charge in [-0.05, 0) is 24.1 Å². The number of aliphatic carboxylic acids is 1. The lowest BCUT2D eigenvalue weighted by atomic mass is 10.0. The molecule has 6 heteroatoms. The Labute approximate surface area is 104 Å². The third kappa shape index (κ3) is 2.78. The maximum absolute atomic E-state index is 11.7. The standard InChI is InChI=1S/C12H14N2O4/c15-8-3-1-7(2-4-8)5-9-11(16)14-10(6-13-9)12(17)18/h1-4,9-10,13,15H,5-6H2,(H,14,16)(H,17,18). The van der Waals surface area contributed by atoms with Crippen LogP contribution in [-0.4, -0.2) is 40.7 Å². The average Bonchev–Trinajstić information content (AvgIpc) is 2.34. The molecule has 0 radical (unpaired) electrons. The van der Waals surface area contributed by atoms with Crippen LogP contribution in [0, 0.1) is 0 Å². The van der Waals surface area contributed by atoms with Crippen molar-refractivity contribution in [2.24, 2.45) is 0 Å². The molecule has 2 rings (SSSR count). The lowest BCUT2D eigenvalue weighted by Crippen LogP contribution is -2.61. The second-order valence-electron chi connectivity index (χ2n) is 4.23. The molecule has 2 unspecified atom stereocenters. The van der Waals surface area contributed by atoms with Crippen LogP contribution in [0.5, 0.6) is 5.75 Å². The Balaban J connectivity index is 1.97. The highest BCUT2D eigenvalue weighted by atomic mass is 16.4. The predicted molar refractivity (Wildman–Crippen MR) is 63.2 cm³/mol. The van der Waals surface area contributed by atoms with Crippen LogP contribution in [0.2, 0.25) is 0 Å². The summed E-state index contributed by atoms with van der Waals surface area (Å²) < 4.78 is 0. The van der Waals surface area contributed by atoms with Gasteiger partial charge in [0, 0.05) is 6.54 Å². The van der Waals surface area contributed by atoms with Crippen LogP contribution < -0.4 is 10.6 Å². The molecule has 1 aromatic rings. The van der Waals surface area contributed by atoms with Gasteiger partial charge in [-0.25, -0.2) is 4.79 Å². The van der Waals surface area contributed by atoms with Gasteiger partial charge in [-0.2, -0.15) is 0 Å². The lowest BCUT2D eigenvalue weighted by molar-refractivity contribution is -0.143. The molecular formula is C12H14N2O4. The van der Waals surface area contributed by atoms with Gasteiger partial charge in [0.05, 0.1) is 6.04 Å². The summed E-state index contributed by atoms with van der Waals surface area (Å²) in [6.45, 7) is 0.212. The Morgan fingerprint density at radius 2 is 2.00 bits per heavy atom. The fraction of sp³-hybridized carbons (Fsp3) is 0.333. The van der Waals surface area contributed by atoms with Gasteiger partial charge in [-0.15, -0.1) is 0 Å². The van der Waals surface area contributed by atoms with E-state index in [2.05, 4.69) is 10.6 Å². The van der Waals surface area contributed by atoms with Crippen LogP contribution in [0.25, 0.3) is 0 Å². The monoisotopic (exact) mass is 250 g/mol. The minimum Gasteiger partial charge on any atom is -0.508 e. The number of carboxylic acid groups (broad SMARTS) is 1. The molecule has 6 nitrogen and oxygen atoms in total. The molecule has 0 aliphatic carbocycles. The summed E-state index contributed by atoms with van der Waals surface area (Å²) in [5, 5.41) is 23.3. The largest absolute Gasteiger partial charge is 0.508 e. The number of hydrogen-bond donors (Lipinski definition) is 4. The highest BCUT2D eigenvalue weighted by Crippen LogP contribution is 2.12. The van der Waals surface area contributed by atoms with Crippen molar-refractivity contribution >= 4 is 11.9 Å². The van der Waals surface area contributed by atoms with Gasteiger partial charge in [-0.3, -0.25) is 4.79 Å². The Morgan fingerprint density at radius 1 is 1.33 bits per heavy atom. The zero-order valence-corrected chi connectivity index (χ0v) is 9.59. The van der Waals surface area contributed by atoms with Gasteiger partial charge in [-0.1, -0.05) is 12.1 Å². The molecule has 4 N–H and O–H groups in total. The molecule has 96 valence electrons. The quantitative estimate of drug-likeness (QED) is 0.578. The number of piperazine rings is 1. The summed E-state index contributed by atoms with van der Waals surface area (Å²) in [7, 11) is 0. The number of amides is 1. The molecule has 18 heavy (non-hydrogen) atoms. The molecular weight excluding hydrogens is 236 g/mol. The van der Waals surface area contributed by atoms with Crippen molar-refractivity contribution in [3.63, 3.8) is 0 Å². The number of rotatable bonds is 3. The van der Waals surface area contributed by atoms with E-state index in [-0.39, 0.29) is 18.2 Å². The third-order valence-corrected chi connectivity index (χ3v) is 2.88. The topological polar surface area (TPSA) is 98.7 Å². The van der Waals surface area contributed by atoms with Crippen LogP contribution in [0.15, 0.2) is 24.3 Å². The first kappa shape index (κ1) is 12.4. The van der Waals surface area contributed by atoms with Gasteiger partial charge in [0.2, 0.25) is 5.91 Å². The van der Waals surface area contributed by atoms with Crippen molar-refractivity contribution in [2.75, 3.05) is 6.54 Å². The van der Waals surface area contributed by atoms with E-state index in [4.69, 9.17) is 10.2 Å². The smallest absolute Gasteiger partial charge is 0.327 e. The summed E-state index contributed by atoms with van der Waals surface area (Å²) in [5.41, 5.74) is 0.897. The zero-order valence-electron chi connectivity index (χ0n) is 9.59. The van der Waals surface area contributed by atoms with E-state index in [1.54, 1.807) is 24.3 Å². The van der Waals surface area contributed by atoms with E-state index in [1.807, 2.05) is 0 Å². The third-order valence-electron chi connectivity index (χ3n) is 2.88. The van der Waals surface area contributed by atoms with Crippen LogP contribution in [0.1, 0.15) is 5.56 Å². The maximum atomic E-state index is 11.7. The molecule has 1 aromatic carbocycles. The summed E-state index contributed by atoms with van der Waals surface area (Å²) in [6.07, 6.45) is 0.457. The van der Waals surface area contributed by atoms with Crippen LogP contribution >= 0.6 is 0 Å². The second kappa shape index (κ2) is 5.05. The summed E-state index contributed by atoms with van der Waals surface area (Å²) in [5.74, 6) is -1.19. The molecule has 0 aromatic heterocycles. The molecule has 1 heterocycles. The number of nitrogens with one attached hydrogen (secondary N) is 2. The Bertz CT molecular complexity index is 458. The molecule has 0 saturated carbocycles. The minimum atomic E-state index is -1.04. The number of hydrogen-bond acceptors (Lipinski definition) is 4. The molecule has 0 bridgehead atoms. The molecule has 1 fully saturated rings. The minimum absolute atomic E-state index is 0.172. The van der Waals surface area contributed by atoms with E-state index in [9.17, 15) is 9.59 Å². The van der Waals surface area contributed by atoms with Crippen molar-refractivity contribution in [2.45, 2.75) is 18.5 Å². The van der Waals surface area contributed by atoms with Crippen molar-refractivity contribution in [3.05, 3.63) is 29.8 Å². The predicted octanol–water partition coefficient (Wildman–Crippen LogP) is -0.524. The first-order valence-electron chi connectivity index (χ1n) is 5.61. The summed E-state index contributed by atoms with van der Waals surface area (Å²) in [4.78, 5) is 22.4. The number of carboxylic acids is 1. The SMILES string of the molecule is O=C(O)C1CNC(Cc2ccc(O)cc2)C(=O)N1. The number of carbonyl (C=O) groups is 2. The fourth-order valence-corrected chi connectivity index (χ4v) is 1.86. The van der Waals surface area contributed by atoms with Crippen molar-refractivity contribution in [1.29, 1.82) is 0 Å². The van der Waals surface area contributed by atoms with E-state index in [1.165, 1.54) is 0 Å². The highest BCUT2D eigenvalue weighted by molar-refractivity contribution is 5.88. The molecule has 1 aliphatic rings. The second-order valence-corrected chi connectivity index (χ2v) is 4.23. The zero-order chi connectivity index (χ0) is 13.1. The molecule has 1 amide bonds. The van der Waals surface area contributed by atoms with Crippen LogP contribution in [0.4, 0.5) is 0 Å². The van der Waals surface area contributed by atoms with Crippen molar-refractivity contribution < 1.29 is 19.8 Å². The van der Waals surface area contributed by atoms with Gasteiger partial charge < -0.3 is 20.8 Å². The maximum Gasteiger partial charge on any atom is 0.327 e. The average molecular weight is 250 g/mol. The summed E-state index contributed by atoms with van der Waals surface area (Å²) in [6, 6.07) is 5.26. The van der Waals surface area contributed by atoms with E-state index in [0.717, 1.165) is 5.56 Å². The summed E-state index contributed by atoms with van der Waals surface area (Å²) >= 11 is 0. The number of phenolic OH excluding ortho intramolecular Hbond substituents is 1. The highest BCUT2D eigenvalue weighted by Gasteiger charge is 2.30. The van der Waals surface area contributed by atoms with E-state index >= 15 is 0 Å². The van der Waals surface area contributed by atoms with Gasteiger partial charge in [0.1, 0.15) is 11.8 Å². The van der Waals surface area contributed by atoms with Crippen molar-refractivity contribution in [1.82, 2.24) is 10.6 Å². The Morgan fingerprint density at radius 3 is 2.56 bits per heavy atom. The number of aromatic hydroxyl groups is 1.